The summed E-state index contributed by atoms with van der Waals surface area (Å²) in [6, 6.07) is 11.5. The van der Waals surface area contributed by atoms with Gasteiger partial charge in [0.2, 0.25) is 0 Å². The molecule has 0 unspecified atom stereocenters. The average Bonchev–Trinajstić information content (AvgIpc) is 3.10. The van der Waals surface area contributed by atoms with Crippen LogP contribution < -0.4 is 9.47 Å². The van der Waals surface area contributed by atoms with Crippen LogP contribution in [0.1, 0.15) is 12.5 Å². The van der Waals surface area contributed by atoms with Crippen molar-refractivity contribution in [2.45, 2.75) is 13.3 Å². The summed E-state index contributed by atoms with van der Waals surface area (Å²) in [5.41, 5.74) is 3.86. The number of ether oxygens (including phenoxy) is 2. The second-order valence-corrected chi connectivity index (χ2v) is 6.13. The van der Waals surface area contributed by atoms with Crippen LogP contribution in [0.5, 0.6) is 17.2 Å². The zero-order valence-electron chi connectivity index (χ0n) is 13.9. The Bertz CT molecular complexity index is 840. The van der Waals surface area contributed by atoms with Crippen molar-refractivity contribution in [1.29, 1.82) is 0 Å². The van der Waals surface area contributed by atoms with Gasteiger partial charge in [-0.25, -0.2) is 0 Å². The monoisotopic (exact) mass is 341 g/mol. The molecule has 0 saturated heterocycles. The maximum Gasteiger partial charge on any atom is 0.128 e. The predicted octanol–water partition coefficient (Wildman–Crippen LogP) is 4.76. The van der Waals surface area contributed by atoms with Gasteiger partial charge in [-0.2, -0.15) is 4.37 Å². The SMILES string of the molecule is CCc1cc(-c2sncc2-c2ccc(OC)cc2)c(O)cc1OC. The minimum Gasteiger partial charge on any atom is -0.507 e. The number of aromatic hydroxyl groups is 1. The highest BCUT2D eigenvalue weighted by Crippen LogP contribution is 2.42. The van der Waals surface area contributed by atoms with E-state index in [0.717, 1.165) is 39.3 Å². The molecule has 1 heterocycles. The molecule has 0 saturated carbocycles. The molecule has 0 bridgehead atoms. The first kappa shape index (κ1) is 16.3. The van der Waals surface area contributed by atoms with E-state index in [1.54, 1.807) is 20.3 Å². The summed E-state index contributed by atoms with van der Waals surface area (Å²) in [5.74, 6) is 1.71. The normalized spacial score (nSPS) is 10.6. The first-order valence-electron chi connectivity index (χ1n) is 7.67. The number of phenolic OH excluding ortho intramolecular Hbond substituents is 1. The summed E-state index contributed by atoms with van der Waals surface area (Å²) in [6.45, 7) is 2.07. The van der Waals surface area contributed by atoms with E-state index in [1.807, 2.05) is 36.5 Å². The molecule has 124 valence electrons. The summed E-state index contributed by atoms with van der Waals surface area (Å²) >= 11 is 1.37. The Labute approximate surface area is 145 Å². The second kappa shape index (κ2) is 6.93. The predicted molar refractivity (Wildman–Crippen MR) is 97.1 cm³/mol. The van der Waals surface area contributed by atoms with Crippen LogP contribution in [-0.2, 0) is 6.42 Å². The molecule has 0 fully saturated rings. The Balaban J connectivity index is 2.10. The molecule has 1 aromatic heterocycles. The minimum atomic E-state index is 0.197. The lowest BCUT2D eigenvalue weighted by Crippen LogP contribution is -1.92. The number of phenols is 1. The zero-order chi connectivity index (χ0) is 17.1. The van der Waals surface area contributed by atoms with Crippen molar-refractivity contribution in [3.63, 3.8) is 0 Å². The number of aryl methyl sites for hydroxylation is 1. The van der Waals surface area contributed by atoms with Crippen LogP contribution >= 0.6 is 11.5 Å². The van der Waals surface area contributed by atoms with E-state index < -0.39 is 0 Å². The topological polar surface area (TPSA) is 51.6 Å². The van der Waals surface area contributed by atoms with Crippen molar-refractivity contribution in [2.24, 2.45) is 0 Å². The Morgan fingerprint density at radius 3 is 2.42 bits per heavy atom. The molecule has 3 aromatic rings. The van der Waals surface area contributed by atoms with Gasteiger partial charge in [0.25, 0.3) is 0 Å². The van der Waals surface area contributed by atoms with Crippen molar-refractivity contribution < 1.29 is 14.6 Å². The molecular formula is C19H19NO3S. The molecule has 0 aliphatic carbocycles. The fraction of sp³-hybridized carbons (Fsp3) is 0.211. The summed E-state index contributed by atoms with van der Waals surface area (Å²) in [5, 5.41) is 10.4. The van der Waals surface area contributed by atoms with Gasteiger partial charge in [0.05, 0.1) is 19.1 Å². The van der Waals surface area contributed by atoms with E-state index in [0.29, 0.717) is 5.75 Å². The van der Waals surface area contributed by atoms with Gasteiger partial charge in [0.15, 0.2) is 0 Å². The lowest BCUT2D eigenvalue weighted by Gasteiger charge is -2.12. The summed E-state index contributed by atoms with van der Waals surface area (Å²) < 4.78 is 14.9. The highest BCUT2D eigenvalue weighted by atomic mass is 32.1. The number of methoxy groups -OCH3 is 2. The second-order valence-electron chi connectivity index (χ2n) is 5.33. The number of hydrogen-bond donors (Lipinski definition) is 1. The fourth-order valence-electron chi connectivity index (χ4n) is 2.67. The van der Waals surface area contributed by atoms with Crippen LogP contribution in [0.15, 0.2) is 42.6 Å². The van der Waals surface area contributed by atoms with Gasteiger partial charge in [-0.05, 0) is 47.3 Å². The molecule has 2 aromatic carbocycles. The molecule has 0 spiro atoms. The number of rotatable bonds is 5. The molecule has 5 heteroatoms. The largest absolute Gasteiger partial charge is 0.507 e. The Kier molecular flexibility index (Phi) is 4.71. The van der Waals surface area contributed by atoms with Gasteiger partial charge in [-0.3, -0.25) is 0 Å². The smallest absolute Gasteiger partial charge is 0.128 e. The molecule has 0 atom stereocenters. The van der Waals surface area contributed by atoms with Crippen molar-refractivity contribution >= 4 is 11.5 Å². The van der Waals surface area contributed by atoms with Gasteiger partial charge in [-0.1, -0.05) is 19.1 Å². The summed E-state index contributed by atoms with van der Waals surface area (Å²) in [7, 11) is 3.26. The molecule has 1 N–H and O–H groups in total. The van der Waals surface area contributed by atoms with Crippen LogP contribution in [0, 0.1) is 0 Å². The number of benzene rings is 2. The third kappa shape index (κ3) is 2.95. The lowest BCUT2D eigenvalue weighted by atomic mass is 10.00. The van der Waals surface area contributed by atoms with Crippen LogP contribution in [0.4, 0.5) is 0 Å². The molecule has 0 radical (unpaired) electrons. The Hall–Kier alpha value is -2.53. The molecule has 0 aliphatic heterocycles. The van der Waals surface area contributed by atoms with Crippen molar-refractivity contribution in [1.82, 2.24) is 4.37 Å². The van der Waals surface area contributed by atoms with Gasteiger partial charge in [-0.15, -0.1) is 0 Å². The van der Waals surface area contributed by atoms with Crippen LogP contribution in [0.25, 0.3) is 21.6 Å². The van der Waals surface area contributed by atoms with Gasteiger partial charge in [0.1, 0.15) is 17.2 Å². The number of nitrogens with zero attached hydrogens (tertiary/aromatic N) is 1. The van der Waals surface area contributed by atoms with Gasteiger partial charge in [0, 0.05) is 23.4 Å². The first-order valence-corrected chi connectivity index (χ1v) is 8.44. The Morgan fingerprint density at radius 1 is 1.04 bits per heavy atom. The van der Waals surface area contributed by atoms with Crippen LogP contribution in [0.3, 0.4) is 0 Å². The summed E-state index contributed by atoms with van der Waals surface area (Å²) in [4.78, 5) is 0.940. The molecule has 24 heavy (non-hydrogen) atoms. The van der Waals surface area contributed by atoms with Crippen molar-refractivity contribution in [2.75, 3.05) is 14.2 Å². The molecule has 0 amide bonds. The fourth-order valence-corrected chi connectivity index (χ4v) is 3.47. The van der Waals surface area contributed by atoms with Crippen LogP contribution in [-0.4, -0.2) is 23.7 Å². The van der Waals surface area contributed by atoms with E-state index in [-0.39, 0.29) is 5.75 Å². The van der Waals surface area contributed by atoms with E-state index in [1.165, 1.54) is 11.5 Å². The van der Waals surface area contributed by atoms with Crippen LogP contribution in [0.2, 0.25) is 0 Å². The highest BCUT2D eigenvalue weighted by molar-refractivity contribution is 7.10. The standard InChI is InChI=1S/C19H19NO3S/c1-4-12-9-15(17(21)10-18(12)23-3)19-16(11-20-24-19)13-5-7-14(22-2)8-6-13/h5-11,21H,4H2,1-3H3. The van der Waals surface area contributed by atoms with E-state index in [2.05, 4.69) is 11.3 Å². The Morgan fingerprint density at radius 2 is 1.79 bits per heavy atom. The van der Waals surface area contributed by atoms with Gasteiger partial charge >= 0.3 is 0 Å². The van der Waals surface area contributed by atoms with Crippen molar-refractivity contribution in [3.8, 4) is 38.8 Å². The van der Waals surface area contributed by atoms with E-state index >= 15 is 0 Å². The number of aromatic nitrogens is 1. The number of hydrogen-bond acceptors (Lipinski definition) is 5. The van der Waals surface area contributed by atoms with Crippen molar-refractivity contribution in [3.05, 3.63) is 48.2 Å². The zero-order valence-corrected chi connectivity index (χ0v) is 14.7. The van der Waals surface area contributed by atoms with E-state index in [9.17, 15) is 5.11 Å². The quantitative estimate of drug-likeness (QED) is 0.727. The lowest BCUT2D eigenvalue weighted by molar-refractivity contribution is 0.403. The minimum absolute atomic E-state index is 0.197. The summed E-state index contributed by atoms with van der Waals surface area (Å²) in [6.07, 6.45) is 2.66. The third-order valence-corrected chi connectivity index (χ3v) is 4.83. The molecule has 0 aliphatic rings. The van der Waals surface area contributed by atoms with E-state index in [4.69, 9.17) is 9.47 Å². The highest BCUT2D eigenvalue weighted by Gasteiger charge is 2.17. The molecule has 4 nitrogen and oxygen atoms in total. The maximum absolute atomic E-state index is 10.4. The first-order chi connectivity index (χ1) is 11.7. The third-order valence-electron chi connectivity index (χ3n) is 4.00. The average molecular weight is 341 g/mol. The maximum atomic E-state index is 10.4. The molecular weight excluding hydrogens is 322 g/mol. The van der Waals surface area contributed by atoms with Gasteiger partial charge < -0.3 is 14.6 Å². The molecule has 3 rings (SSSR count).